The van der Waals surface area contributed by atoms with Crippen LogP contribution < -0.4 is 11.1 Å². The minimum atomic E-state index is 0.306. The highest BCUT2D eigenvalue weighted by Gasteiger charge is 2.06. The number of nitrogens with zero attached hydrogens (tertiary/aromatic N) is 2. The summed E-state index contributed by atoms with van der Waals surface area (Å²) < 4.78 is 5.50. The first kappa shape index (κ1) is 14.0. The lowest BCUT2D eigenvalue weighted by Crippen LogP contribution is -2.08. The fraction of sp³-hybridized carbons (Fsp3) is 0.538. The number of anilines is 2. The fourth-order valence-electron chi connectivity index (χ4n) is 1.76. The molecule has 2 aromatic rings. The summed E-state index contributed by atoms with van der Waals surface area (Å²) >= 11 is 1.58. The van der Waals surface area contributed by atoms with Crippen LogP contribution in [-0.4, -0.2) is 29.2 Å². The molecule has 0 fully saturated rings. The average molecular weight is 280 g/mol. The first-order valence-electron chi connectivity index (χ1n) is 6.53. The van der Waals surface area contributed by atoms with E-state index in [9.17, 15) is 0 Å². The van der Waals surface area contributed by atoms with E-state index in [0.29, 0.717) is 12.1 Å². The van der Waals surface area contributed by atoms with Crippen molar-refractivity contribution in [2.24, 2.45) is 0 Å². The highest BCUT2D eigenvalue weighted by atomic mass is 32.1. The second-order valence-corrected chi connectivity index (χ2v) is 5.52. The third kappa shape index (κ3) is 4.04. The Morgan fingerprint density at radius 1 is 1.37 bits per heavy atom. The molecule has 0 saturated carbocycles. The first-order chi connectivity index (χ1) is 9.16. The van der Waals surface area contributed by atoms with Crippen LogP contribution in [0.25, 0.3) is 10.2 Å². The van der Waals surface area contributed by atoms with Gasteiger partial charge < -0.3 is 15.8 Å². The Labute approximate surface area is 117 Å². The number of aromatic nitrogens is 2. The maximum absolute atomic E-state index is 5.69. The smallest absolute Gasteiger partial charge is 0.223 e. The van der Waals surface area contributed by atoms with E-state index in [2.05, 4.69) is 29.1 Å². The van der Waals surface area contributed by atoms with Crippen LogP contribution in [0.3, 0.4) is 0 Å². The van der Waals surface area contributed by atoms with Gasteiger partial charge in [0.2, 0.25) is 5.95 Å². The topological polar surface area (TPSA) is 73.1 Å². The number of nitrogens with one attached hydrogen (secondary N) is 1. The zero-order chi connectivity index (χ0) is 13.7. The molecule has 19 heavy (non-hydrogen) atoms. The average Bonchev–Trinajstić information content (AvgIpc) is 2.80. The molecule has 6 heteroatoms. The van der Waals surface area contributed by atoms with E-state index >= 15 is 0 Å². The van der Waals surface area contributed by atoms with Crippen molar-refractivity contribution < 1.29 is 4.74 Å². The van der Waals surface area contributed by atoms with E-state index in [1.807, 2.05) is 11.4 Å². The number of hydrogen-bond donors (Lipinski definition) is 2. The Hall–Kier alpha value is -1.40. The SMILES string of the molecule is CC(C)OCCCCNc1nc(N)nc2sccc12. The molecule has 0 aliphatic rings. The third-order valence-electron chi connectivity index (χ3n) is 2.66. The molecule has 2 aromatic heterocycles. The first-order valence-corrected chi connectivity index (χ1v) is 7.41. The molecule has 0 atom stereocenters. The number of unbranched alkanes of at least 4 members (excludes halogenated alkanes) is 1. The van der Waals surface area contributed by atoms with Crippen molar-refractivity contribution in [3.05, 3.63) is 11.4 Å². The van der Waals surface area contributed by atoms with Gasteiger partial charge in [-0.05, 0) is 38.1 Å². The lowest BCUT2D eigenvalue weighted by molar-refractivity contribution is 0.0765. The van der Waals surface area contributed by atoms with Gasteiger partial charge in [-0.2, -0.15) is 4.98 Å². The van der Waals surface area contributed by atoms with E-state index in [1.165, 1.54) is 0 Å². The molecule has 2 rings (SSSR count). The van der Waals surface area contributed by atoms with Crippen LogP contribution in [0.5, 0.6) is 0 Å². The number of fused-ring (bicyclic) bond motifs is 1. The van der Waals surface area contributed by atoms with E-state index in [-0.39, 0.29) is 0 Å². The molecule has 104 valence electrons. The summed E-state index contributed by atoms with van der Waals surface area (Å²) in [7, 11) is 0. The molecule has 0 spiro atoms. The zero-order valence-electron chi connectivity index (χ0n) is 11.3. The quantitative estimate of drug-likeness (QED) is 0.763. The lowest BCUT2D eigenvalue weighted by Gasteiger charge is -2.09. The molecule has 0 aromatic carbocycles. The van der Waals surface area contributed by atoms with Crippen molar-refractivity contribution in [2.45, 2.75) is 32.8 Å². The summed E-state index contributed by atoms with van der Waals surface area (Å²) in [6, 6.07) is 2.02. The summed E-state index contributed by atoms with van der Waals surface area (Å²) in [6.45, 7) is 5.77. The molecule has 0 aliphatic heterocycles. The van der Waals surface area contributed by atoms with Gasteiger partial charge in [-0.3, -0.25) is 0 Å². The van der Waals surface area contributed by atoms with Gasteiger partial charge in [-0.25, -0.2) is 4.98 Å². The molecule has 2 heterocycles. The third-order valence-corrected chi connectivity index (χ3v) is 3.46. The maximum atomic E-state index is 5.69. The van der Waals surface area contributed by atoms with Crippen LogP contribution in [0.2, 0.25) is 0 Å². The van der Waals surface area contributed by atoms with Crippen molar-refractivity contribution in [1.82, 2.24) is 9.97 Å². The molecule has 0 radical (unpaired) electrons. The van der Waals surface area contributed by atoms with Gasteiger partial charge in [-0.1, -0.05) is 0 Å². The highest BCUT2D eigenvalue weighted by molar-refractivity contribution is 7.16. The summed E-state index contributed by atoms with van der Waals surface area (Å²) in [5.74, 6) is 1.15. The largest absolute Gasteiger partial charge is 0.379 e. The van der Waals surface area contributed by atoms with Crippen molar-refractivity contribution in [3.8, 4) is 0 Å². The maximum Gasteiger partial charge on any atom is 0.223 e. The minimum absolute atomic E-state index is 0.306. The summed E-state index contributed by atoms with van der Waals surface area (Å²) in [5, 5.41) is 6.36. The Morgan fingerprint density at radius 3 is 3.00 bits per heavy atom. The Bertz CT molecular complexity index is 526. The van der Waals surface area contributed by atoms with Crippen molar-refractivity contribution >= 4 is 33.3 Å². The van der Waals surface area contributed by atoms with Crippen LogP contribution in [0.15, 0.2) is 11.4 Å². The molecular weight excluding hydrogens is 260 g/mol. The van der Waals surface area contributed by atoms with E-state index < -0.39 is 0 Å². The van der Waals surface area contributed by atoms with E-state index in [0.717, 1.165) is 42.0 Å². The van der Waals surface area contributed by atoms with Crippen LogP contribution in [0.4, 0.5) is 11.8 Å². The van der Waals surface area contributed by atoms with Crippen LogP contribution in [-0.2, 0) is 4.74 Å². The van der Waals surface area contributed by atoms with Crippen molar-refractivity contribution in [2.75, 3.05) is 24.2 Å². The summed E-state index contributed by atoms with van der Waals surface area (Å²) in [6.07, 6.45) is 2.39. The second-order valence-electron chi connectivity index (χ2n) is 4.62. The Balaban J connectivity index is 1.83. The van der Waals surface area contributed by atoms with Crippen molar-refractivity contribution in [1.29, 1.82) is 0 Å². The minimum Gasteiger partial charge on any atom is -0.379 e. The standard InChI is InChI=1S/C13H20N4OS/c1-9(2)18-7-4-3-6-15-11-10-5-8-19-12(10)17-13(14)16-11/h5,8-9H,3-4,6-7H2,1-2H3,(H3,14,15,16,17). The van der Waals surface area contributed by atoms with E-state index in [4.69, 9.17) is 10.5 Å². The van der Waals surface area contributed by atoms with Gasteiger partial charge in [0.1, 0.15) is 10.6 Å². The Kier molecular flexibility index (Phi) is 4.93. The normalized spacial score (nSPS) is 11.3. The molecule has 0 aliphatic carbocycles. The van der Waals surface area contributed by atoms with Gasteiger partial charge >= 0.3 is 0 Å². The monoisotopic (exact) mass is 280 g/mol. The predicted octanol–water partition coefficient (Wildman–Crippen LogP) is 2.89. The number of nitrogens with two attached hydrogens (primary N) is 1. The summed E-state index contributed by atoms with van der Waals surface area (Å²) in [4.78, 5) is 9.38. The number of nitrogen functional groups attached to an aromatic ring is 1. The second kappa shape index (κ2) is 6.68. The van der Waals surface area contributed by atoms with Crippen LogP contribution in [0, 0.1) is 0 Å². The van der Waals surface area contributed by atoms with Crippen LogP contribution >= 0.6 is 11.3 Å². The molecular formula is C13H20N4OS. The van der Waals surface area contributed by atoms with Gasteiger partial charge in [0.05, 0.1) is 11.5 Å². The lowest BCUT2D eigenvalue weighted by atomic mass is 10.3. The highest BCUT2D eigenvalue weighted by Crippen LogP contribution is 2.25. The summed E-state index contributed by atoms with van der Waals surface area (Å²) in [5.41, 5.74) is 5.69. The molecule has 0 bridgehead atoms. The molecule has 0 saturated heterocycles. The van der Waals surface area contributed by atoms with Crippen molar-refractivity contribution in [3.63, 3.8) is 0 Å². The number of hydrogen-bond acceptors (Lipinski definition) is 6. The molecule has 0 unspecified atom stereocenters. The van der Waals surface area contributed by atoms with Gasteiger partial charge in [0, 0.05) is 13.2 Å². The Morgan fingerprint density at radius 2 is 2.21 bits per heavy atom. The predicted molar refractivity (Wildman–Crippen MR) is 80.6 cm³/mol. The molecule has 0 amide bonds. The van der Waals surface area contributed by atoms with Gasteiger partial charge in [0.25, 0.3) is 0 Å². The van der Waals surface area contributed by atoms with Gasteiger partial charge in [0.15, 0.2) is 0 Å². The number of thiophene rings is 1. The number of rotatable bonds is 7. The zero-order valence-corrected chi connectivity index (χ0v) is 12.2. The molecule has 3 N–H and O–H groups in total. The van der Waals surface area contributed by atoms with Crippen LogP contribution in [0.1, 0.15) is 26.7 Å². The fourth-order valence-corrected chi connectivity index (χ4v) is 2.53. The van der Waals surface area contributed by atoms with E-state index in [1.54, 1.807) is 11.3 Å². The van der Waals surface area contributed by atoms with Gasteiger partial charge in [-0.15, -0.1) is 11.3 Å². The number of ether oxygens (including phenoxy) is 1. The molecule has 5 nitrogen and oxygen atoms in total.